The Balaban J connectivity index is 1.59. The maximum absolute atomic E-state index is 12.5. The maximum Gasteiger partial charge on any atom is 0.339 e. The number of hydrogen-bond donors (Lipinski definition) is 4. The van der Waals surface area contributed by atoms with Crippen LogP contribution in [0.25, 0.3) is 6.08 Å². The van der Waals surface area contributed by atoms with Crippen molar-refractivity contribution >= 4 is 47.0 Å². The molecular weight excluding hydrogens is 440 g/mol. The van der Waals surface area contributed by atoms with Crippen molar-refractivity contribution in [1.29, 1.82) is 0 Å². The summed E-state index contributed by atoms with van der Waals surface area (Å²) in [6.45, 7) is 1.71. The molecule has 3 aromatic rings. The van der Waals surface area contributed by atoms with Gasteiger partial charge in [-0.2, -0.15) is 0 Å². The van der Waals surface area contributed by atoms with Crippen molar-refractivity contribution in [3.63, 3.8) is 0 Å². The van der Waals surface area contributed by atoms with E-state index in [0.29, 0.717) is 5.69 Å². The minimum atomic E-state index is -1.29. The quantitative estimate of drug-likeness (QED) is 0.216. The van der Waals surface area contributed by atoms with Gasteiger partial charge in [0.05, 0.1) is 5.25 Å². The molecule has 0 fully saturated rings. The van der Waals surface area contributed by atoms with Crippen LogP contribution in [0.3, 0.4) is 0 Å². The highest BCUT2D eigenvalue weighted by Gasteiger charge is 2.17. The maximum atomic E-state index is 12.5. The van der Waals surface area contributed by atoms with Crippen LogP contribution in [0.2, 0.25) is 0 Å². The largest absolute Gasteiger partial charge is 0.507 e. The molecule has 168 valence electrons. The van der Waals surface area contributed by atoms with Crippen LogP contribution >= 0.6 is 11.8 Å². The van der Waals surface area contributed by atoms with Crippen LogP contribution in [0.1, 0.15) is 22.8 Å². The fourth-order valence-corrected chi connectivity index (χ4v) is 3.78. The van der Waals surface area contributed by atoms with Gasteiger partial charge in [0.15, 0.2) is 0 Å². The molecule has 3 aromatic carbocycles. The monoisotopic (exact) mass is 462 g/mol. The zero-order chi connectivity index (χ0) is 23.8. The summed E-state index contributed by atoms with van der Waals surface area (Å²) in [5.74, 6) is -2.26. The van der Waals surface area contributed by atoms with Gasteiger partial charge in [0.1, 0.15) is 11.3 Å². The number of benzene rings is 3. The fourth-order valence-electron chi connectivity index (χ4n) is 2.85. The van der Waals surface area contributed by atoms with Crippen LogP contribution in [0, 0.1) is 0 Å². The lowest BCUT2D eigenvalue weighted by atomic mass is 10.2. The van der Waals surface area contributed by atoms with Crippen LogP contribution in [-0.4, -0.2) is 33.2 Å². The van der Waals surface area contributed by atoms with E-state index < -0.39 is 11.2 Å². The van der Waals surface area contributed by atoms with E-state index in [2.05, 4.69) is 10.6 Å². The SMILES string of the molecule is CC(Sc1cccc(NC(=O)/C=C/c2ccccc2)c1)C(=O)Nc1ccc(O)c(C(=O)O)c1. The molecule has 0 aliphatic rings. The summed E-state index contributed by atoms with van der Waals surface area (Å²) in [4.78, 5) is 36.7. The number of anilines is 2. The number of nitrogens with one attached hydrogen (secondary N) is 2. The minimum absolute atomic E-state index is 0.270. The summed E-state index contributed by atoms with van der Waals surface area (Å²) in [7, 11) is 0. The first-order valence-electron chi connectivity index (χ1n) is 10.00. The standard InChI is InChI=1S/C25H22N2O5S/c1-16(24(30)27-19-11-12-22(28)21(15-19)25(31)32)33-20-9-5-8-18(14-20)26-23(29)13-10-17-6-3-2-4-7-17/h2-16,28H,1H3,(H,26,29)(H,27,30)(H,31,32)/b13-10+. The Bertz CT molecular complexity index is 1190. The van der Waals surface area contributed by atoms with Crippen LogP contribution in [0.15, 0.2) is 83.8 Å². The van der Waals surface area contributed by atoms with Gasteiger partial charge in [0.2, 0.25) is 11.8 Å². The van der Waals surface area contributed by atoms with Crippen molar-refractivity contribution in [3.8, 4) is 5.75 Å². The second-order valence-electron chi connectivity index (χ2n) is 7.05. The van der Waals surface area contributed by atoms with E-state index in [-0.39, 0.29) is 28.8 Å². The fraction of sp³-hybridized carbons (Fsp3) is 0.0800. The third-order valence-electron chi connectivity index (χ3n) is 4.50. The highest BCUT2D eigenvalue weighted by molar-refractivity contribution is 8.00. The van der Waals surface area contributed by atoms with Gasteiger partial charge in [-0.25, -0.2) is 4.79 Å². The number of aromatic hydroxyl groups is 1. The number of carbonyl (C=O) groups excluding carboxylic acids is 2. The van der Waals surface area contributed by atoms with E-state index in [1.54, 1.807) is 31.2 Å². The zero-order valence-electron chi connectivity index (χ0n) is 17.7. The lowest BCUT2D eigenvalue weighted by Crippen LogP contribution is -2.22. The van der Waals surface area contributed by atoms with Gasteiger partial charge < -0.3 is 20.8 Å². The summed E-state index contributed by atoms with van der Waals surface area (Å²) >= 11 is 1.29. The van der Waals surface area contributed by atoms with E-state index in [9.17, 15) is 19.5 Å². The van der Waals surface area contributed by atoms with Crippen LogP contribution < -0.4 is 10.6 Å². The molecule has 7 nitrogen and oxygen atoms in total. The van der Waals surface area contributed by atoms with E-state index in [4.69, 9.17) is 5.11 Å². The number of carboxylic acids is 1. The third kappa shape index (κ3) is 6.98. The number of rotatable bonds is 8. The van der Waals surface area contributed by atoms with Gasteiger partial charge in [-0.3, -0.25) is 9.59 Å². The first-order chi connectivity index (χ1) is 15.8. The Morgan fingerprint density at radius 3 is 2.36 bits per heavy atom. The van der Waals surface area contributed by atoms with Crippen LogP contribution in [0.5, 0.6) is 5.75 Å². The lowest BCUT2D eigenvalue weighted by molar-refractivity contribution is -0.115. The average Bonchev–Trinajstić information content (AvgIpc) is 2.79. The second kappa shape index (κ2) is 11.0. The number of hydrogen-bond acceptors (Lipinski definition) is 5. The summed E-state index contributed by atoms with van der Waals surface area (Å²) in [5.41, 5.74) is 1.49. The predicted octanol–water partition coefficient (Wildman–Crippen LogP) is 4.86. The summed E-state index contributed by atoms with van der Waals surface area (Å²) < 4.78 is 0. The predicted molar refractivity (Wildman–Crippen MR) is 130 cm³/mol. The molecule has 0 saturated carbocycles. The topological polar surface area (TPSA) is 116 Å². The number of carbonyl (C=O) groups is 3. The molecule has 1 atom stereocenters. The Kier molecular flexibility index (Phi) is 7.88. The third-order valence-corrected chi connectivity index (χ3v) is 5.60. The molecular formula is C25H22N2O5S. The normalized spacial score (nSPS) is 11.7. The van der Waals surface area contributed by atoms with Gasteiger partial charge in [0.25, 0.3) is 0 Å². The Labute approximate surface area is 195 Å². The molecule has 33 heavy (non-hydrogen) atoms. The first-order valence-corrected chi connectivity index (χ1v) is 10.9. The van der Waals surface area contributed by atoms with E-state index in [1.165, 1.54) is 36.0 Å². The minimum Gasteiger partial charge on any atom is -0.507 e. The molecule has 0 aromatic heterocycles. The molecule has 4 N–H and O–H groups in total. The van der Waals surface area contributed by atoms with Gasteiger partial charge in [-0.05, 0) is 55.0 Å². The Morgan fingerprint density at radius 1 is 0.909 bits per heavy atom. The molecule has 8 heteroatoms. The van der Waals surface area contributed by atoms with Gasteiger partial charge in [-0.1, -0.05) is 36.4 Å². The van der Waals surface area contributed by atoms with Crippen molar-refractivity contribution in [3.05, 3.63) is 90.0 Å². The average molecular weight is 463 g/mol. The lowest BCUT2D eigenvalue weighted by Gasteiger charge is -2.13. The van der Waals surface area contributed by atoms with Crippen LogP contribution in [-0.2, 0) is 9.59 Å². The van der Waals surface area contributed by atoms with Gasteiger partial charge >= 0.3 is 5.97 Å². The van der Waals surface area contributed by atoms with Crippen molar-refractivity contribution < 1.29 is 24.6 Å². The number of thioether (sulfide) groups is 1. The molecule has 0 aliphatic heterocycles. The molecule has 2 amide bonds. The highest BCUT2D eigenvalue weighted by Crippen LogP contribution is 2.27. The molecule has 0 aliphatic carbocycles. The second-order valence-corrected chi connectivity index (χ2v) is 8.46. The molecule has 0 heterocycles. The number of carboxylic acid groups (broad SMARTS) is 1. The van der Waals surface area contributed by atoms with Crippen LogP contribution in [0.4, 0.5) is 11.4 Å². The van der Waals surface area contributed by atoms with E-state index >= 15 is 0 Å². The zero-order valence-corrected chi connectivity index (χ0v) is 18.5. The Hall–Kier alpha value is -4.04. The molecule has 0 saturated heterocycles. The van der Waals surface area contributed by atoms with Crippen molar-refractivity contribution in [2.24, 2.45) is 0 Å². The number of amides is 2. The summed E-state index contributed by atoms with van der Waals surface area (Å²) in [6, 6.07) is 20.5. The summed E-state index contributed by atoms with van der Waals surface area (Å²) in [6.07, 6.45) is 3.17. The highest BCUT2D eigenvalue weighted by atomic mass is 32.2. The first kappa shape index (κ1) is 23.6. The smallest absolute Gasteiger partial charge is 0.339 e. The van der Waals surface area contributed by atoms with Crippen molar-refractivity contribution in [1.82, 2.24) is 0 Å². The number of phenols is 1. The summed E-state index contributed by atoms with van der Waals surface area (Å²) in [5, 5.41) is 23.6. The molecule has 0 bridgehead atoms. The van der Waals surface area contributed by atoms with Gasteiger partial charge in [0, 0.05) is 22.3 Å². The van der Waals surface area contributed by atoms with Crippen molar-refractivity contribution in [2.75, 3.05) is 10.6 Å². The molecule has 0 radical (unpaired) electrons. The molecule has 0 spiro atoms. The molecule has 3 rings (SSSR count). The van der Waals surface area contributed by atoms with E-state index in [1.807, 2.05) is 36.4 Å². The van der Waals surface area contributed by atoms with Crippen molar-refractivity contribution in [2.45, 2.75) is 17.1 Å². The molecule has 1 unspecified atom stereocenters. The Morgan fingerprint density at radius 2 is 1.64 bits per heavy atom. The van der Waals surface area contributed by atoms with Gasteiger partial charge in [-0.15, -0.1) is 11.8 Å². The van der Waals surface area contributed by atoms with E-state index in [0.717, 1.165) is 10.5 Å². The number of aromatic carboxylic acids is 1.